The van der Waals surface area contributed by atoms with Crippen molar-refractivity contribution in [1.29, 1.82) is 0 Å². The Labute approximate surface area is 260 Å². The van der Waals surface area contributed by atoms with Crippen LogP contribution >= 0.6 is 0 Å². The summed E-state index contributed by atoms with van der Waals surface area (Å²) in [5, 5.41) is 2.97. The molecule has 4 aromatic rings. The van der Waals surface area contributed by atoms with Crippen LogP contribution in [0.25, 0.3) is 11.3 Å². The minimum absolute atomic E-state index is 0.0967. The fourth-order valence-corrected chi connectivity index (χ4v) is 6.37. The van der Waals surface area contributed by atoms with E-state index in [2.05, 4.69) is 20.2 Å². The third-order valence-corrected chi connectivity index (χ3v) is 8.73. The molecular weight excluding hydrogens is 574 g/mol. The molecule has 0 unspecified atom stereocenters. The second kappa shape index (κ2) is 11.8. The highest BCUT2D eigenvalue weighted by Gasteiger charge is 2.45. The first-order valence-corrected chi connectivity index (χ1v) is 15.2. The highest BCUT2D eigenvalue weighted by Crippen LogP contribution is 2.42. The van der Waals surface area contributed by atoms with Gasteiger partial charge in [-0.3, -0.25) is 9.59 Å². The minimum atomic E-state index is -0.619. The number of esters is 1. The van der Waals surface area contributed by atoms with Crippen LogP contribution in [0.3, 0.4) is 0 Å². The Morgan fingerprint density at radius 1 is 1.00 bits per heavy atom. The molecule has 11 nitrogen and oxygen atoms in total. The lowest BCUT2D eigenvalue weighted by Crippen LogP contribution is -2.59. The largest absolute Gasteiger partial charge is 0.459 e. The lowest BCUT2D eigenvalue weighted by molar-refractivity contribution is -0.000511. The van der Waals surface area contributed by atoms with E-state index in [0.29, 0.717) is 58.3 Å². The van der Waals surface area contributed by atoms with E-state index in [-0.39, 0.29) is 29.7 Å². The number of ether oxygens (including phenoxy) is 2. The van der Waals surface area contributed by atoms with Gasteiger partial charge in [0.1, 0.15) is 5.82 Å². The Hall–Kier alpha value is -5.03. The molecule has 0 saturated carbocycles. The van der Waals surface area contributed by atoms with Gasteiger partial charge in [-0.1, -0.05) is 12.1 Å². The molecule has 1 spiro atoms. The average molecular weight is 608 g/mol. The Morgan fingerprint density at radius 2 is 1.78 bits per heavy atom. The molecule has 3 aliphatic rings. The zero-order valence-corrected chi connectivity index (χ0v) is 25.0. The van der Waals surface area contributed by atoms with Crippen LogP contribution in [0.4, 0.5) is 17.2 Å². The molecule has 0 aliphatic carbocycles. The van der Waals surface area contributed by atoms with Gasteiger partial charge in [-0.15, -0.1) is 0 Å². The highest BCUT2D eigenvalue weighted by molar-refractivity contribution is 6.10. The predicted octanol–water partition coefficient (Wildman–Crippen LogP) is 4.99. The number of amides is 2. The van der Waals surface area contributed by atoms with Crippen LogP contribution in [0.2, 0.25) is 0 Å². The molecule has 2 saturated heterocycles. The van der Waals surface area contributed by atoms with Crippen molar-refractivity contribution in [2.45, 2.75) is 26.2 Å². The Bertz CT molecular complexity index is 1750. The normalized spacial score (nSPS) is 16.6. The summed E-state index contributed by atoms with van der Waals surface area (Å²) in [6, 6.07) is 17.8. The summed E-state index contributed by atoms with van der Waals surface area (Å²) in [4.78, 5) is 52.1. The maximum atomic E-state index is 13.8. The summed E-state index contributed by atoms with van der Waals surface area (Å²) < 4.78 is 16.4. The van der Waals surface area contributed by atoms with Gasteiger partial charge in [-0.25, -0.2) is 14.8 Å². The number of pyridine rings is 1. The first-order chi connectivity index (χ1) is 21.9. The molecule has 0 bridgehead atoms. The molecule has 2 aromatic heterocycles. The Balaban J connectivity index is 1.06. The van der Waals surface area contributed by atoms with Crippen molar-refractivity contribution in [2.24, 2.45) is 5.41 Å². The summed E-state index contributed by atoms with van der Waals surface area (Å²) in [5.74, 6) is -0.0346. The number of hydrogen-bond acceptors (Lipinski definition) is 9. The zero-order valence-electron chi connectivity index (χ0n) is 25.0. The molecule has 11 heteroatoms. The van der Waals surface area contributed by atoms with Gasteiger partial charge in [0, 0.05) is 67.7 Å². The first-order valence-electron chi connectivity index (χ1n) is 15.2. The molecule has 3 aliphatic heterocycles. The monoisotopic (exact) mass is 607 g/mol. The molecule has 2 fully saturated rings. The molecule has 230 valence electrons. The number of fused-ring (bicyclic) bond motifs is 3. The summed E-state index contributed by atoms with van der Waals surface area (Å²) >= 11 is 0. The van der Waals surface area contributed by atoms with Crippen molar-refractivity contribution in [1.82, 2.24) is 9.97 Å². The highest BCUT2D eigenvalue weighted by atomic mass is 16.5. The molecule has 7 rings (SSSR count). The van der Waals surface area contributed by atoms with E-state index < -0.39 is 5.97 Å². The van der Waals surface area contributed by atoms with E-state index in [4.69, 9.17) is 13.9 Å². The first kappa shape index (κ1) is 28.7. The Morgan fingerprint density at radius 3 is 2.56 bits per heavy atom. The topological polar surface area (TPSA) is 127 Å². The van der Waals surface area contributed by atoms with Crippen LogP contribution < -0.4 is 15.1 Å². The van der Waals surface area contributed by atoms with Crippen LogP contribution in [0.5, 0.6) is 0 Å². The number of hydrogen-bond donors (Lipinski definition) is 1. The summed E-state index contributed by atoms with van der Waals surface area (Å²) in [6.07, 6.45) is 4.17. The van der Waals surface area contributed by atoms with Crippen molar-refractivity contribution < 1.29 is 28.3 Å². The maximum absolute atomic E-state index is 13.8. The maximum Gasteiger partial charge on any atom is 0.394 e. The predicted molar refractivity (Wildman–Crippen MR) is 167 cm³/mol. The van der Waals surface area contributed by atoms with E-state index in [1.165, 1.54) is 0 Å². The van der Waals surface area contributed by atoms with E-state index in [1.54, 1.807) is 54.4 Å². The third kappa shape index (κ3) is 5.44. The minimum Gasteiger partial charge on any atom is -0.459 e. The van der Waals surface area contributed by atoms with Crippen molar-refractivity contribution in [3.05, 3.63) is 89.6 Å². The number of benzene rings is 2. The van der Waals surface area contributed by atoms with Crippen molar-refractivity contribution in [3.63, 3.8) is 0 Å². The van der Waals surface area contributed by atoms with Crippen molar-refractivity contribution >= 4 is 35.0 Å². The smallest absolute Gasteiger partial charge is 0.394 e. The number of carbonyl (C=O) groups is 3. The van der Waals surface area contributed by atoms with Crippen molar-refractivity contribution in [3.8, 4) is 11.3 Å². The number of nitrogens with one attached hydrogen (secondary N) is 1. The summed E-state index contributed by atoms with van der Waals surface area (Å²) in [5.41, 5.74) is 3.71. The van der Waals surface area contributed by atoms with Gasteiger partial charge < -0.3 is 29.0 Å². The molecule has 1 N–H and O–H groups in total. The average Bonchev–Trinajstić information content (AvgIpc) is 3.42. The molecule has 0 radical (unpaired) electrons. The zero-order chi connectivity index (χ0) is 31.0. The van der Waals surface area contributed by atoms with Gasteiger partial charge in [0.25, 0.3) is 11.8 Å². The number of oxazole rings is 1. The molecule has 2 aromatic carbocycles. The van der Waals surface area contributed by atoms with Crippen molar-refractivity contribution in [2.75, 3.05) is 54.6 Å². The SMILES string of the molecule is CCOC(=O)c1nc2c(o1)-c1ccccc1N(C(=O)c1ccc(NC(=O)c3cccnc3N3CC4(CCOCC4)C3)cc1)CC2. The van der Waals surface area contributed by atoms with Gasteiger partial charge in [0.15, 0.2) is 5.76 Å². The van der Waals surface area contributed by atoms with E-state index in [0.717, 1.165) is 39.1 Å². The third-order valence-electron chi connectivity index (χ3n) is 8.73. The second-order valence-corrected chi connectivity index (χ2v) is 11.6. The van der Waals surface area contributed by atoms with Crippen LogP contribution in [0.15, 0.2) is 71.3 Å². The van der Waals surface area contributed by atoms with Crippen LogP contribution in [-0.4, -0.2) is 67.2 Å². The molecule has 45 heavy (non-hydrogen) atoms. The quantitative estimate of drug-likeness (QED) is 0.302. The van der Waals surface area contributed by atoms with Gasteiger partial charge in [0.05, 0.1) is 23.6 Å². The second-order valence-electron chi connectivity index (χ2n) is 11.6. The fourth-order valence-electron chi connectivity index (χ4n) is 6.37. The van der Waals surface area contributed by atoms with Gasteiger partial charge in [0.2, 0.25) is 0 Å². The van der Waals surface area contributed by atoms with Crippen LogP contribution in [0, 0.1) is 5.41 Å². The molecule has 5 heterocycles. The molecule has 2 amide bonds. The van der Waals surface area contributed by atoms with E-state index in [1.807, 2.05) is 24.3 Å². The van der Waals surface area contributed by atoms with Gasteiger partial charge >= 0.3 is 11.9 Å². The van der Waals surface area contributed by atoms with Gasteiger partial charge in [-0.2, -0.15) is 0 Å². The van der Waals surface area contributed by atoms with Crippen LogP contribution in [-0.2, 0) is 15.9 Å². The van der Waals surface area contributed by atoms with Crippen LogP contribution in [0.1, 0.15) is 56.9 Å². The number of aromatic nitrogens is 2. The summed E-state index contributed by atoms with van der Waals surface area (Å²) in [6.45, 7) is 5.58. The number of anilines is 3. The standard InChI is InChI=1S/C34H33N5O6/c1-2-44-33(42)31-37-26-13-17-39(27-8-4-3-6-24(27)28(26)45-31)32(41)22-9-11-23(12-10-22)36-30(40)25-7-5-16-35-29(25)38-20-34(21-38)14-18-43-19-15-34/h3-12,16H,2,13-15,17-21H2,1H3,(H,36,40). The van der Waals surface area contributed by atoms with E-state index in [9.17, 15) is 14.4 Å². The van der Waals surface area contributed by atoms with E-state index >= 15 is 0 Å². The Kier molecular flexibility index (Phi) is 7.54. The molecular formula is C34H33N5O6. The fraction of sp³-hybridized carbons (Fsp3) is 0.324. The number of rotatable bonds is 6. The summed E-state index contributed by atoms with van der Waals surface area (Å²) in [7, 11) is 0. The molecule has 0 atom stereocenters. The number of para-hydroxylation sites is 1. The number of nitrogens with zero attached hydrogens (tertiary/aromatic N) is 4. The lowest BCUT2D eigenvalue weighted by atomic mass is 9.73. The number of carbonyl (C=O) groups excluding carboxylic acids is 3. The lowest BCUT2D eigenvalue weighted by Gasteiger charge is -2.53. The van der Waals surface area contributed by atoms with Gasteiger partial charge in [-0.05, 0) is 68.3 Å².